The van der Waals surface area contributed by atoms with Gasteiger partial charge in [-0.3, -0.25) is 0 Å². The minimum atomic E-state index is -2.86. The molecule has 2 aliphatic rings. The van der Waals surface area contributed by atoms with Crippen molar-refractivity contribution in [1.82, 2.24) is 9.97 Å². The molecule has 9 rings (SSSR count). The number of aryl methyl sites for hydroxylation is 2. The molecule has 55 heavy (non-hydrogen) atoms. The molecule has 3 heterocycles. The van der Waals surface area contributed by atoms with Gasteiger partial charge in [0.1, 0.15) is 5.58 Å². The van der Waals surface area contributed by atoms with Crippen molar-refractivity contribution in [3.63, 3.8) is 0 Å². The van der Waals surface area contributed by atoms with Gasteiger partial charge in [-0.15, -0.1) is 54.1 Å². The van der Waals surface area contributed by atoms with Crippen molar-refractivity contribution >= 4 is 21.9 Å². The third-order valence-corrected chi connectivity index (χ3v) is 8.86. The average Bonchev–Trinajstić information content (AvgIpc) is 3.77. The van der Waals surface area contributed by atoms with Gasteiger partial charge in [-0.1, -0.05) is 100 Å². The van der Waals surface area contributed by atoms with Gasteiger partial charge < -0.3 is 14.4 Å². The van der Waals surface area contributed by atoms with Gasteiger partial charge in [0.05, 0.1) is 5.58 Å². The number of fused-ring (bicyclic) bond motifs is 5. The maximum atomic E-state index is 9.39. The normalized spacial score (nSPS) is 23.9. The van der Waals surface area contributed by atoms with Gasteiger partial charge >= 0.3 is 0 Å². The Morgan fingerprint density at radius 2 is 1.27 bits per heavy atom. The van der Waals surface area contributed by atoms with Gasteiger partial charge in [0.15, 0.2) is 0 Å². The number of hydrogen-bond acceptors (Lipinski definition) is 3. The standard InChI is InChI=1S/C34H32NO.C17H20N.Ir/c1-21-20-35-30(13-24(21)15-33(2,3)4)28-11-7-10-27-29-12-25-18-34(16-22-8-5-6-9-23(22)17-34)19-26(25)14-31(29)36-32(27)28;1-13-12-18-16(14-8-6-5-7-9-14)10-15(13)11-17(2,3)4;/h5-10,12-14,20H,15-19H2,1-4H3;5-8,10,12H,11H2,1-4H3;/q2*-1;/i1D3,15D2,16D2,17D2,18D2,19D2;1D3,11D2;. The number of hydrogen-bond donors (Lipinski definition) is 0. The van der Waals surface area contributed by atoms with E-state index in [2.05, 4.69) is 22.1 Å². The summed E-state index contributed by atoms with van der Waals surface area (Å²) in [4.78, 5) is 8.59. The molecule has 3 nitrogen and oxygen atoms in total. The van der Waals surface area contributed by atoms with Crippen molar-refractivity contribution in [1.29, 1.82) is 0 Å². The van der Waals surface area contributed by atoms with Crippen molar-refractivity contribution in [2.24, 2.45) is 16.2 Å². The predicted molar refractivity (Wildman–Crippen MR) is 224 cm³/mol. The Morgan fingerprint density at radius 3 is 1.87 bits per heavy atom. The van der Waals surface area contributed by atoms with E-state index in [0.717, 1.165) is 6.20 Å². The van der Waals surface area contributed by atoms with Gasteiger partial charge in [0.25, 0.3) is 0 Å². The minimum Gasteiger partial charge on any atom is -0.501 e. The van der Waals surface area contributed by atoms with Crippen molar-refractivity contribution in [2.75, 3.05) is 0 Å². The van der Waals surface area contributed by atoms with E-state index in [1.165, 1.54) is 48.7 Å². The van der Waals surface area contributed by atoms with Gasteiger partial charge in [0, 0.05) is 62.6 Å². The Hall–Kier alpha value is -4.37. The van der Waals surface area contributed by atoms with Crippen LogP contribution in [0.3, 0.4) is 0 Å². The first-order chi connectivity index (χ1) is 32.8. The topological polar surface area (TPSA) is 38.9 Å². The van der Waals surface area contributed by atoms with Crippen LogP contribution in [0.5, 0.6) is 0 Å². The Bertz CT molecular complexity index is 3240. The molecule has 2 aliphatic carbocycles. The van der Waals surface area contributed by atoms with Crippen LogP contribution in [0.25, 0.3) is 44.5 Å². The molecule has 0 N–H and O–H groups in total. The fourth-order valence-corrected chi connectivity index (χ4v) is 6.64. The van der Waals surface area contributed by atoms with E-state index in [9.17, 15) is 5.48 Å². The Kier molecular flexibility index (Phi) is 6.08. The first-order valence-corrected chi connectivity index (χ1v) is 17.8. The Balaban J connectivity index is 0.000000274. The van der Waals surface area contributed by atoms with Crippen molar-refractivity contribution in [2.45, 2.75) is 93.5 Å². The molecule has 0 saturated carbocycles. The second kappa shape index (κ2) is 14.9. The number of furan rings is 1. The molecular weight excluding hydrogens is 849 g/mol. The summed E-state index contributed by atoms with van der Waals surface area (Å²) in [6.45, 7) is 5.22. The molecule has 3 aromatic heterocycles. The van der Waals surface area contributed by atoms with E-state index >= 15 is 0 Å². The SMILES string of the molecule is [2H]C([2H])([2H])c1cnc(-c2[c-]ccc3c2oc2cc4c(cc23)C([2H])([2H])C2(C([2H])([2H])c3ccccc3C2([2H])[2H])C4([2H])[2H])cc1C([2H])([2H])C(C)(C)C.[2H]C([2H])([2H])c1cnc(-c2[c-]cccc2)cc1C([2H])([2H])C(C)(C)C.[Ir]. The van der Waals surface area contributed by atoms with Crippen LogP contribution in [0.15, 0.2) is 102 Å². The monoisotopic (exact) mass is 919 g/mol. The van der Waals surface area contributed by atoms with Gasteiger partial charge in [-0.25, -0.2) is 0 Å². The molecule has 0 fully saturated rings. The van der Waals surface area contributed by atoms with Crippen molar-refractivity contribution in [3.05, 3.63) is 154 Å². The molecule has 4 aromatic carbocycles. The van der Waals surface area contributed by atoms with Crippen LogP contribution in [-0.2, 0) is 58.3 Å². The predicted octanol–water partition coefficient (Wildman–Crippen LogP) is 12.7. The van der Waals surface area contributed by atoms with E-state index in [1.54, 1.807) is 65.8 Å². The smallest absolute Gasteiger partial charge is 0.121 e. The van der Waals surface area contributed by atoms with E-state index in [-0.39, 0.29) is 87.0 Å². The Labute approximate surface area is 366 Å². The summed E-state index contributed by atoms with van der Waals surface area (Å²) in [6.07, 6.45) is -12.7. The second-order valence-corrected chi connectivity index (χ2v) is 15.6. The number of benzene rings is 4. The summed E-state index contributed by atoms with van der Waals surface area (Å²) in [7, 11) is 0. The quantitative estimate of drug-likeness (QED) is 0.165. The van der Waals surface area contributed by atoms with E-state index < -0.39 is 68.2 Å². The fourth-order valence-electron chi connectivity index (χ4n) is 6.64. The minimum absolute atomic E-state index is 0. The third-order valence-electron chi connectivity index (χ3n) is 8.86. The fraction of sp³-hybridized carbons (Fsp3) is 0.333. The van der Waals surface area contributed by atoms with Crippen molar-refractivity contribution < 1.29 is 49.2 Å². The summed E-state index contributed by atoms with van der Waals surface area (Å²) >= 11 is 0. The maximum absolute atomic E-state index is 9.39. The van der Waals surface area contributed by atoms with Crippen LogP contribution in [0, 0.1) is 42.1 Å². The number of aromatic nitrogens is 2. The van der Waals surface area contributed by atoms with Gasteiger partial charge in [-0.2, -0.15) is 0 Å². The van der Waals surface area contributed by atoms with Crippen LogP contribution < -0.4 is 0 Å². The van der Waals surface area contributed by atoms with Gasteiger partial charge in [0.2, 0.25) is 0 Å². The zero-order valence-electron chi connectivity index (χ0n) is 49.4. The number of nitrogens with zero attached hydrogens (tertiary/aromatic N) is 2. The molecule has 0 saturated heterocycles. The zero-order chi connectivity index (χ0) is 53.6. The van der Waals surface area contributed by atoms with Crippen LogP contribution in [0.4, 0.5) is 0 Å². The first-order valence-electron chi connectivity index (χ1n) is 26.8. The molecule has 0 bridgehead atoms. The molecule has 283 valence electrons. The Morgan fingerprint density at radius 1 is 0.691 bits per heavy atom. The number of pyridine rings is 2. The zero-order valence-corrected chi connectivity index (χ0v) is 33.8. The molecule has 1 spiro atoms. The largest absolute Gasteiger partial charge is 0.501 e. The summed E-state index contributed by atoms with van der Waals surface area (Å²) in [5, 5.41) is 0.813. The third kappa shape index (κ3) is 8.28. The average molecular weight is 919 g/mol. The maximum Gasteiger partial charge on any atom is 0.121 e. The molecule has 0 aliphatic heterocycles. The second-order valence-electron chi connectivity index (χ2n) is 15.6. The molecular formula is C51H52IrN2O-2. The van der Waals surface area contributed by atoms with Gasteiger partial charge in [-0.05, 0) is 125 Å². The molecule has 4 heteroatoms. The molecule has 0 unspecified atom stereocenters. The van der Waals surface area contributed by atoms with Crippen LogP contribution in [0.1, 0.15) is 111 Å². The van der Waals surface area contributed by atoms with Crippen LogP contribution in [0.2, 0.25) is 0 Å². The summed E-state index contributed by atoms with van der Waals surface area (Å²) in [5.41, 5.74) is -3.33. The van der Waals surface area contributed by atoms with E-state index in [4.69, 9.17) is 23.6 Å². The van der Waals surface area contributed by atoms with E-state index in [1.807, 2.05) is 18.2 Å². The first kappa shape index (κ1) is 22.4. The molecule has 1 radical (unpaired) electrons. The van der Waals surface area contributed by atoms with Crippen molar-refractivity contribution in [3.8, 4) is 22.5 Å². The number of rotatable bonds is 4. The summed E-state index contributed by atoms with van der Waals surface area (Å²) in [5.74, 6) is 0. The molecule has 7 aromatic rings. The molecule has 0 atom stereocenters. The summed E-state index contributed by atoms with van der Waals surface area (Å²) < 4.78 is 162. The summed E-state index contributed by atoms with van der Waals surface area (Å²) in [6, 6.07) is 28.0. The van der Waals surface area contributed by atoms with Crippen LogP contribution >= 0.6 is 0 Å². The van der Waals surface area contributed by atoms with Crippen LogP contribution in [-0.4, -0.2) is 9.97 Å². The molecule has 0 amide bonds. The van der Waals surface area contributed by atoms with E-state index in [0.29, 0.717) is 22.0 Å².